The van der Waals surface area contributed by atoms with Crippen molar-refractivity contribution >= 4 is 17.2 Å². The fourth-order valence-corrected chi connectivity index (χ4v) is 3.71. The Morgan fingerprint density at radius 1 is 1.40 bits per heavy atom. The van der Waals surface area contributed by atoms with E-state index in [1.165, 1.54) is 0 Å². The van der Waals surface area contributed by atoms with E-state index in [1.54, 1.807) is 11.3 Å². The van der Waals surface area contributed by atoms with E-state index in [0.29, 0.717) is 24.8 Å². The van der Waals surface area contributed by atoms with Gasteiger partial charge in [0.2, 0.25) is 17.6 Å². The molecule has 0 aromatic carbocycles. The quantitative estimate of drug-likeness (QED) is 0.846. The van der Waals surface area contributed by atoms with Crippen molar-refractivity contribution in [3.8, 4) is 10.7 Å². The maximum absolute atomic E-state index is 12.3. The molecule has 1 aliphatic rings. The lowest BCUT2D eigenvalue weighted by Crippen LogP contribution is -2.53. The van der Waals surface area contributed by atoms with Crippen LogP contribution >= 0.6 is 11.3 Å². The van der Waals surface area contributed by atoms with Gasteiger partial charge in [-0.05, 0) is 24.8 Å². The summed E-state index contributed by atoms with van der Waals surface area (Å²) in [5.41, 5.74) is 5.96. The molecule has 136 valence electrons. The van der Waals surface area contributed by atoms with Crippen molar-refractivity contribution in [3.05, 3.63) is 23.4 Å². The molecule has 3 heterocycles. The zero-order valence-electron chi connectivity index (χ0n) is 14.7. The van der Waals surface area contributed by atoms with Crippen LogP contribution in [0.25, 0.3) is 10.7 Å². The largest absolute Gasteiger partial charge is 0.339 e. The number of amides is 1. The smallest absolute Gasteiger partial charge is 0.244 e. The van der Waals surface area contributed by atoms with Crippen LogP contribution < -0.4 is 5.73 Å². The SMILES string of the molecule is CCCC(N)C(=O)N1CCN(C(C)c2nc(-c3cccs3)no2)CC1. The Bertz CT molecular complexity index is 679. The average Bonchev–Trinajstić information content (AvgIpc) is 3.32. The lowest BCUT2D eigenvalue weighted by Gasteiger charge is -2.37. The van der Waals surface area contributed by atoms with E-state index in [9.17, 15) is 4.79 Å². The fraction of sp³-hybridized carbons (Fsp3) is 0.588. The van der Waals surface area contributed by atoms with Gasteiger partial charge in [-0.15, -0.1) is 11.3 Å². The molecule has 3 rings (SSSR count). The van der Waals surface area contributed by atoms with Gasteiger partial charge in [-0.25, -0.2) is 0 Å². The van der Waals surface area contributed by atoms with E-state index in [4.69, 9.17) is 10.3 Å². The molecule has 2 aromatic heterocycles. The van der Waals surface area contributed by atoms with Crippen molar-refractivity contribution in [2.24, 2.45) is 5.73 Å². The van der Waals surface area contributed by atoms with Crippen LogP contribution in [0.2, 0.25) is 0 Å². The normalized spacial score (nSPS) is 18.3. The van der Waals surface area contributed by atoms with Crippen molar-refractivity contribution in [1.82, 2.24) is 19.9 Å². The van der Waals surface area contributed by atoms with Crippen LogP contribution in [0.3, 0.4) is 0 Å². The molecule has 2 atom stereocenters. The Kier molecular flexibility index (Phi) is 5.82. The summed E-state index contributed by atoms with van der Waals surface area (Å²) in [6.07, 6.45) is 1.66. The highest BCUT2D eigenvalue weighted by Gasteiger charge is 2.29. The van der Waals surface area contributed by atoms with Crippen LogP contribution in [0.1, 0.15) is 38.6 Å². The van der Waals surface area contributed by atoms with Gasteiger partial charge in [0.15, 0.2) is 0 Å². The minimum absolute atomic E-state index is 0.0304. The first kappa shape index (κ1) is 18.0. The molecule has 0 spiro atoms. The molecule has 2 N–H and O–H groups in total. The number of thiophene rings is 1. The maximum atomic E-state index is 12.3. The van der Waals surface area contributed by atoms with Gasteiger partial charge in [-0.3, -0.25) is 9.69 Å². The molecule has 0 bridgehead atoms. The molecule has 2 unspecified atom stereocenters. The zero-order valence-corrected chi connectivity index (χ0v) is 15.5. The van der Waals surface area contributed by atoms with Crippen LogP contribution in [0.4, 0.5) is 0 Å². The van der Waals surface area contributed by atoms with Crippen LogP contribution in [0.15, 0.2) is 22.0 Å². The average molecular weight is 363 g/mol. The first-order chi connectivity index (χ1) is 12.1. The van der Waals surface area contributed by atoms with E-state index >= 15 is 0 Å². The van der Waals surface area contributed by atoms with Gasteiger partial charge in [-0.2, -0.15) is 4.98 Å². The Morgan fingerprint density at radius 3 is 2.80 bits per heavy atom. The van der Waals surface area contributed by atoms with Crippen molar-refractivity contribution in [2.45, 2.75) is 38.8 Å². The molecule has 25 heavy (non-hydrogen) atoms. The summed E-state index contributed by atoms with van der Waals surface area (Å²) in [5.74, 6) is 1.31. The molecule has 0 radical (unpaired) electrons. The third-order valence-corrected chi connectivity index (χ3v) is 5.50. The predicted molar refractivity (Wildman–Crippen MR) is 97.1 cm³/mol. The summed E-state index contributed by atoms with van der Waals surface area (Å²) < 4.78 is 5.45. The van der Waals surface area contributed by atoms with Gasteiger partial charge in [0.1, 0.15) is 0 Å². The molecule has 1 saturated heterocycles. The molecule has 1 amide bonds. The first-order valence-corrected chi connectivity index (χ1v) is 9.64. The van der Waals surface area contributed by atoms with E-state index in [0.717, 1.165) is 30.8 Å². The minimum Gasteiger partial charge on any atom is -0.339 e. The highest BCUT2D eigenvalue weighted by Crippen LogP contribution is 2.25. The predicted octanol–water partition coefficient (Wildman–Crippen LogP) is 2.13. The second-order valence-corrected chi connectivity index (χ2v) is 7.31. The van der Waals surface area contributed by atoms with Gasteiger partial charge in [0.25, 0.3) is 0 Å². The summed E-state index contributed by atoms with van der Waals surface area (Å²) >= 11 is 1.59. The summed E-state index contributed by atoms with van der Waals surface area (Å²) in [5, 5.41) is 6.07. The molecular weight excluding hydrogens is 338 g/mol. The van der Waals surface area contributed by atoms with E-state index in [-0.39, 0.29) is 18.0 Å². The van der Waals surface area contributed by atoms with Crippen LogP contribution in [0, 0.1) is 0 Å². The molecule has 1 aliphatic heterocycles. The molecule has 8 heteroatoms. The Morgan fingerprint density at radius 2 is 2.16 bits per heavy atom. The second kappa shape index (κ2) is 8.07. The fourth-order valence-electron chi connectivity index (χ4n) is 3.07. The third kappa shape index (κ3) is 4.08. The van der Waals surface area contributed by atoms with E-state index < -0.39 is 0 Å². The van der Waals surface area contributed by atoms with E-state index in [1.807, 2.05) is 29.3 Å². The van der Waals surface area contributed by atoms with Gasteiger partial charge in [0, 0.05) is 26.2 Å². The van der Waals surface area contributed by atoms with Crippen molar-refractivity contribution in [3.63, 3.8) is 0 Å². The van der Waals surface area contributed by atoms with Gasteiger partial charge in [-0.1, -0.05) is 24.6 Å². The zero-order chi connectivity index (χ0) is 17.8. The Labute approximate surface area is 151 Å². The number of nitrogens with zero attached hydrogens (tertiary/aromatic N) is 4. The Hall–Kier alpha value is -1.77. The third-order valence-electron chi connectivity index (χ3n) is 4.63. The highest BCUT2D eigenvalue weighted by molar-refractivity contribution is 7.13. The lowest BCUT2D eigenvalue weighted by atomic mass is 10.1. The summed E-state index contributed by atoms with van der Waals surface area (Å²) in [7, 11) is 0. The van der Waals surface area contributed by atoms with Crippen molar-refractivity contribution < 1.29 is 9.32 Å². The molecule has 1 fully saturated rings. The Balaban J connectivity index is 1.57. The van der Waals surface area contributed by atoms with Gasteiger partial charge in [0.05, 0.1) is 17.0 Å². The molecule has 7 nitrogen and oxygen atoms in total. The number of carbonyl (C=O) groups is 1. The van der Waals surface area contributed by atoms with Crippen molar-refractivity contribution in [1.29, 1.82) is 0 Å². The minimum atomic E-state index is -0.377. The standard InChI is InChI=1S/C17H25N5O2S/c1-3-5-13(18)17(23)22-9-7-21(8-10-22)12(2)16-19-15(20-24-16)14-6-4-11-25-14/h4,6,11-13H,3,5,7-10,18H2,1-2H3. The monoisotopic (exact) mass is 363 g/mol. The number of rotatable bonds is 6. The van der Waals surface area contributed by atoms with Crippen LogP contribution in [-0.4, -0.2) is 58.1 Å². The molecule has 0 saturated carbocycles. The summed E-state index contributed by atoms with van der Waals surface area (Å²) in [4.78, 5) is 22.0. The topological polar surface area (TPSA) is 88.5 Å². The van der Waals surface area contributed by atoms with Gasteiger partial charge >= 0.3 is 0 Å². The van der Waals surface area contributed by atoms with Crippen LogP contribution in [0.5, 0.6) is 0 Å². The number of carbonyl (C=O) groups excluding carboxylic acids is 1. The van der Waals surface area contributed by atoms with Crippen LogP contribution in [-0.2, 0) is 4.79 Å². The second-order valence-electron chi connectivity index (χ2n) is 6.37. The number of hydrogen-bond acceptors (Lipinski definition) is 7. The number of piperazine rings is 1. The number of hydrogen-bond donors (Lipinski definition) is 1. The van der Waals surface area contributed by atoms with E-state index in [2.05, 4.69) is 22.0 Å². The summed E-state index contributed by atoms with van der Waals surface area (Å²) in [6, 6.07) is 3.60. The van der Waals surface area contributed by atoms with Gasteiger partial charge < -0.3 is 15.2 Å². The number of aromatic nitrogens is 2. The first-order valence-electron chi connectivity index (χ1n) is 8.76. The highest BCUT2D eigenvalue weighted by atomic mass is 32.1. The molecule has 2 aromatic rings. The lowest BCUT2D eigenvalue weighted by molar-refractivity contribution is -0.134. The van der Waals surface area contributed by atoms with Crippen molar-refractivity contribution in [2.75, 3.05) is 26.2 Å². The molecule has 0 aliphatic carbocycles. The maximum Gasteiger partial charge on any atom is 0.244 e. The number of nitrogens with two attached hydrogens (primary N) is 1. The molecular formula is C17H25N5O2S. The summed E-state index contributed by atoms with van der Waals surface area (Å²) in [6.45, 7) is 7.04.